The molecular weight excluding hydrogens is 356 g/mol. The summed E-state index contributed by atoms with van der Waals surface area (Å²) in [5, 5.41) is 0. The minimum absolute atomic E-state index is 0.217. The lowest BCUT2D eigenvalue weighted by Crippen LogP contribution is -2.43. The van der Waals surface area contributed by atoms with Crippen LogP contribution in [-0.2, 0) is 15.5 Å². The van der Waals surface area contributed by atoms with E-state index in [0.29, 0.717) is 23.2 Å². The van der Waals surface area contributed by atoms with E-state index in [4.69, 9.17) is 4.74 Å². The number of likely N-dealkylation sites (tertiary alicyclic amines) is 1. The molecule has 25 heavy (non-hydrogen) atoms. The molecule has 0 N–H and O–H groups in total. The first-order chi connectivity index (χ1) is 11.8. The molecule has 0 radical (unpaired) electrons. The maximum atomic E-state index is 12.7. The molecule has 1 saturated heterocycles. The van der Waals surface area contributed by atoms with Crippen molar-refractivity contribution in [2.75, 3.05) is 18.8 Å². The molecule has 3 rings (SSSR count). The third kappa shape index (κ3) is 4.79. The van der Waals surface area contributed by atoms with Gasteiger partial charge in [0.25, 0.3) is 0 Å². The zero-order chi connectivity index (χ0) is 18.0. The van der Waals surface area contributed by atoms with Crippen molar-refractivity contribution in [2.24, 2.45) is 5.92 Å². The van der Waals surface area contributed by atoms with Gasteiger partial charge in [0.1, 0.15) is 5.60 Å². The highest BCUT2D eigenvalue weighted by molar-refractivity contribution is 7.87. The highest BCUT2D eigenvalue weighted by atomic mass is 32.2. The Kier molecular flexibility index (Phi) is 5.43. The first kappa shape index (κ1) is 18.3. The van der Waals surface area contributed by atoms with Crippen molar-refractivity contribution in [1.29, 1.82) is 0 Å². The van der Waals surface area contributed by atoms with Crippen LogP contribution in [0.4, 0.5) is 4.79 Å². The minimum atomic E-state index is -1.13. The Morgan fingerprint density at radius 2 is 2.16 bits per heavy atom. The van der Waals surface area contributed by atoms with Crippen molar-refractivity contribution in [3.05, 3.63) is 24.3 Å². The number of rotatable bonds is 3. The summed E-state index contributed by atoms with van der Waals surface area (Å²) in [6.07, 6.45) is 1.62. The van der Waals surface area contributed by atoms with Gasteiger partial charge in [-0.3, -0.25) is 4.21 Å². The average molecular weight is 381 g/mol. The van der Waals surface area contributed by atoms with Crippen molar-refractivity contribution in [3.8, 4) is 0 Å². The second-order valence-corrected chi connectivity index (χ2v) is 10.1. The summed E-state index contributed by atoms with van der Waals surface area (Å²) in [6.45, 7) is 6.92. The number of fused-ring (bicyclic) bond motifs is 1. The van der Waals surface area contributed by atoms with Crippen molar-refractivity contribution in [1.82, 2.24) is 9.88 Å². The van der Waals surface area contributed by atoms with Crippen LogP contribution in [0.1, 0.15) is 33.6 Å². The van der Waals surface area contributed by atoms with Gasteiger partial charge in [0.05, 0.1) is 21.0 Å². The Bertz CT molecular complexity index is 749. The largest absolute Gasteiger partial charge is 0.444 e. The van der Waals surface area contributed by atoms with Gasteiger partial charge in [-0.1, -0.05) is 12.1 Å². The Hall–Kier alpha value is -1.47. The number of hydrogen-bond acceptors (Lipinski definition) is 5. The van der Waals surface area contributed by atoms with Gasteiger partial charge in [-0.25, -0.2) is 9.78 Å². The Morgan fingerprint density at radius 3 is 2.88 bits per heavy atom. The van der Waals surface area contributed by atoms with E-state index in [9.17, 15) is 9.00 Å². The summed E-state index contributed by atoms with van der Waals surface area (Å²) in [5.41, 5.74) is 0.406. The predicted octanol–water partition coefficient (Wildman–Crippen LogP) is 4.05. The summed E-state index contributed by atoms with van der Waals surface area (Å²) >= 11 is 1.49. The second-order valence-electron chi connectivity index (χ2n) is 7.39. The van der Waals surface area contributed by atoms with Crippen LogP contribution < -0.4 is 0 Å². The quantitative estimate of drug-likeness (QED) is 0.806. The maximum Gasteiger partial charge on any atom is 0.410 e. The Morgan fingerprint density at radius 1 is 1.40 bits per heavy atom. The van der Waals surface area contributed by atoms with Crippen LogP contribution in [0.25, 0.3) is 10.2 Å². The molecule has 2 atom stereocenters. The number of para-hydroxylation sites is 1. The van der Waals surface area contributed by atoms with Gasteiger partial charge >= 0.3 is 6.09 Å². The Balaban J connectivity index is 1.62. The van der Waals surface area contributed by atoms with Crippen LogP contribution in [0.2, 0.25) is 0 Å². The summed E-state index contributed by atoms with van der Waals surface area (Å²) in [5.74, 6) is 0.758. The number of thiazole rings is 1. The lowest BCUT2D eigenvalue weighted by molar-refractivity contribution is 0.0176. The SMILES string of the molecule is CC(C)(C)OC(=O)N1CCC[C@@H](C[S@@](=O)c2nc3ccccc3s2)C1. The molecule has 7 heteroatoms. The average Bonchev–Trinajstić information content (AvgIpc) is 2.98. The fraction of sp³-hybridized carbons (Fsp3) is 0.556. The van der Waals surface area contributed by atoms with Gasteiger partial charge in [-0.05, 0) is 51.7 Å². The third-order valence-corrected chi connectivity index (χ3v) is 6.92. The summed E-state index contributed by atoms with van der Waals surface area (Å²) < 4.78 is 19.9. The number of carbonyl (C=O) groups is 1. The van der Waals surface area contributed by atoms with Crippen molar-refractivity contribution < 1.29 is 13.7 Å². The topological polar surface area (TPSA) is 59.5 Å². The molecule has 1 aromatic carbocycles. The van der Waals surface area contributed by atoms with Crippen molar-refractivity contribution in [2.45, 2.75) is 43.6 Å². The Labute approximate surface area is 154 Å². The molecule has 2 heterocycles. The number of carbonyl (C=O) groups excluding carboxylic acids is 1. The fourth-order valence-corrected chi connectivity index (χ4v) is 5.51. The molecule has 1 fully saturated rings. The lowest BCUT2D eigenvalue weighted by Gasteiger charge is -2.33. The number of piperidine rings is 1. The van der Waals surface area contributed by atoms with E-state index in [0.717, 1.165) is 23.1 Å². The lowest BCUT2D eigenvalue weighted by atomic mass is 10.0. The molecule has 1 aliphatic heterocycles. The van der Waals surface area contributed by atoms with Gasteiger partial charge < -0.3 is 9.64 Å². The van der Waals surface area contributed by atoms with E-state index < -0.39 is 16.4 Å². The fourth-order valence-electron chi connectivity index (χ4n) is 2.93. The molecule has 0 aliphatic carbocycles. The van der Waals surface area contributed by atoms with E-state index in [1.54, 1.807) is 4.90 Å². The number of aromatic nitrogens is 1. The van der Waals surface area contributed by atoms with E-state index >= 15 is 0 Å². The van der Waals surface area contributed by atoms with Gasteiger partial charge in [0.15, 0.2) is 4.34 Å². The van der Waals surface area contributed by atoms with Crippen molar-refractivity contribution >= 4 is 38.4 Å². The first-order valence-electron chi connectivity index (χ1n) is 8.54. The molecule has 1 aliphatic rings. The molecule has 1 aromatic heterocycles. The highest BCUT2D eigenvalue weighted by Gasteiger charge is 2.29. The molecular formula is C18H24N2O3S2. The van der Waals surface area contributed by atoms with E-state index in [1.807, 2.05) is 45.0 Å². The van der Waals surface area contributed by atoms with Gasteiger partial charge in [-0.2, -0.15) is 0 Å². The molecule has 0 saturated carbocycles. The van der Waals surface area contributed by atoms with E-state index in [1.165, 1.54) is 11.3 Å². The number of benzene rings is 1. The summed E-state index contributed by atoms with van der Waals surface area (Å²) in [4.78, 5) is 18.5. The first-order valence-corrected chi connectivity index (χ1v) is 10.7. The van der Waals surface area contributed by atoms with Crippen LogP contribution in [0.5, 0.6) is 0 Å². The third-order valence-electron chi connectivity index (χ3n) is 4.03. The van der Waals surface area contributed by atoms with Crippen LogP contribution in [0, 0.1) is 5.92 Å². The molecule has 2 aromatic rings. The monoisotopic (exact) mass is 380 g/mol. The van der Waals surface area contributed by atoms with E-state index in [-0.39, 0.29) is 12.0 Å². The van der Waals surface area contributed by atoms with Crippen LogP contribution >= 0.6 is 11.3 Å². The van der Waals surface area contributed by atoms with Crippen LogP contribution in [0.3, 0.4) is 0 Å². The zero-order valence-corrected chi connectivity index (χ0v) is 16.5. The molecule has 136 valence electrons. The molecule has 0 unspecified atom stereocenters. The molecule has 1 amide bonds. The van der Waals surface area contributed by atoms with Crippen LogP contribution in [-0.4, -0.2) is 44.6 Å². The predicted molar refractivity (Wildman–Crippen MR) is 101 cm³/mol. The van der Waals surface area contributed by atoms with Gasteiger partial charge in [0.2, 0.25) is 0 Å². The van der Waals surface area contributed by atoms with E-state index in [2.05, 4.69) is 4.98 Å². The smallest absolute Gasteiger partial charge is 0.410 e. The summed E-state index contributed by atoms with van der Waals surface area (Å²) in [6, 6.07) is 7.84. The van der Waals surface area contributed by atoms with Crippen LogP contribution in [0.15, 0.2) is 28.6 Å². The normalized spacial score (nSPS) is 19.8. The van der Waals surface area contributed by atoms with Crippen molar-refractivity contribution in [3.63, 3.8) is 0 Å². The molecule has 0 bridgehead atoms. The minimum Gasteiger partial charge on any atom is -0.444 e. The number of hydrogen-bond donors (Lipinski definition) is 0. The molecule has 0 spiro atoms. The number of nitrogens with zero attached hydrogens (tertiary/aromatic N) is 2. The highest BCUT2D eigenvalue weighted by Crippen LogP contribution is 2.27. The van der Waals surface area contributed by atoms with Gasteiger partial charge in [-0.15, -0.1) is 11.3 Å². The number of ether oxygens (including phenoxy) is 1. The standard InChI is InChI=1S/C18H24N2O3S2/c1-18(2,3)23-17(21)20-10-6-7-13(11-20)12-25(22)16-19-14-8-4-5-9-15(14)24-16/h4-5,8-9,13H,6-7,10-12H2,1-3H3/t13-,25-/m1/s1. The zero-order valence-electron chi connectivity index (χ0n) is 14.9. The summed E-state index contributed by atoms with van der Waals surface area (Å²) in [7, 11) is -1.13. The molecule has 5 nitrogen and oxygen atoms in total. The number of amides is 1. The second kappa shape index (κ2) is 7.41. The maximum absolute atomic E-state index is 12.7. The van der Waals surface area contributed by atoms with Gasteiger partial charge in [0, 0.05) is 18.8 Å².